The second kappa shape index (κ2) is 11.8. The molecule has 0 saturated heterocycles. The molecule has 4 rings (SSSR count). The molecule has 0 heterocycles. The monoisotopic (exact) mass is 522 g/mol. The lowest BCUT2D eigenvalue weighted by Gasteiger charge is -2.16. The summed E-state index contributed by atoms with van der Waals surface area (Å²) in [4.78, 5) is 0. The van der Waals surface area contributed by atoms with Gasteiger partial charge in [-0.3, -0.25) is 0 Å². The average molecular weight is 523 g/mol. The Morgan fingerprint density at radius 3 is 1.49 bits per heavy atom. The van der Waals surface area contributed by atoms with Crippen LogP contribution in [0.15, 0.2) is 86.0 Å². The molecule has 0 amide bonds. The third kappa shape index (κ3) is 6.44. The van der Waals surface area contributed by atoms with Gasteiger partial charge < -0.3 is 25.2 Å². The molecule has 0 radical (unpaired) electrons. The molecule has 0 saturated carbocycles. The highest BCUT2D eigenvalue weighted by molar-refractivity contribution is 5.54. The number of aryl methyl sites for hydroxylation is 2. The Hall–Kier alpha value is -4.64. The van der Waals surface area contributed by atoms with Crippen LogP contribution in [0, 0.1) is 13.8 Å². The maximum atomic E-state index is 11.0. The Bertz CT molecular complexity index is 1490. The molecule has 5 heteroatoms. The van der Waals surface area contributed by atoms with Gasteiger partial charge in [-0.1, -0.05) is 36.4 Å². The number of phenolic OH excluding ortho intramolecular Hbond substituents is 4. The van der Waals surface area contributed by atoms with Crippen LogP contribution in [-0.2, 0) is 25.7 Å². The zero-order chi connectivity index (χ0) is 28.1. The van der Waals surface area contributed by atoms with E-state index in [0.29, 0.717) is 59.4 Å². The Kier molecular flexibility index (Phi) is 8.30. The fraction of sp³-hybridized carbons (Fsp3) is 0.176. The van der Waals surface area contributed by atoms with E-state index in [-0.39, 0.29) is 23.0 Å². The smallest absolute Gasteiger partial charge is 0.128 e. The quantitative estimate of drug-likeness (QED) is 0.161. The lowest BCUT2D eigenvalue weighted by molar-refractivity contribution is 0.447. The van der Waals surface area contributed by atoms with Gasteiger partial charge in [-0.15, -0.1) is 13.2 Å². The van der Waals surface area contributed by atoms with Crippen molar-refractivity contribution in [3.63, 3.8) is 0 Å². The first-order valence-electron chi connectivity index (χ1n) is 12.8. The molecule has 39 heavy (non-hydrogen) atoms. The van der Waals surface area contributed by atoms with Crippen molar-refractivity contribution < 1.29 is 25.2 Å². The van der Waals surface area contributed by atoms with E-state index in [1.54, 1.807) is 42.5 Å². The molecule has 4 aromatic carbocycles. The number of phenols is 4. The summed E-state index contributed by atoms with van der Waals surface area (Å²) >= 11 is 0. The lowest BCUT2D eigenvalue weighted by Crippen LogP contribution is -1.98. The van der Waals surface area contributed by atoms with Gasteiger partial charge in [0.15, 0.2) is 0 Å². The fourth-order valence-electron chi connectivity index (χ4n) is 4.80. The van der Waals surface area contributed by atoms with Gasteiger partial charge in [-0.25, -0.2) is 0 Å². The van der Waals surface area contributed by atoms with Crippen LogP contribution in [0.3, 0.4) is 0 Å². The van der Waals surface area contributed by atoms with Gasteiger partial charge in [0.1, 0.15) is 34.5 Å². The SMILES string of the molecule is C=CCc1cc(Oc2cc(CC=C)c(O)c(Cc3cc(C)c(O)c(C)c3)c2)cc(Cc2ccc(O)cc2)c1O. The topological polar surface area (TPSA) is 90.2 Å². The number of ether oxygens (including phenoxy) is 1. The van der Waals surface area contributed by atoms with Crippen LogP contribution in [0.25, 0.3) is 0 Å². The number of hydrogen-bond acceptors (Lipinski definition) is 5. The summed E-state index contributed by atoms with van der Waals surface area (Å²) in [5.74, 6) is 1.94. The number of benzene rings is 4. The first-order chi connectivity index (χ1) is 18.7. The molecule has 0 aromatic heterocycles. The van der Waals surface area contributed by atoms with Gasteiger partial charge in [0, 0.05) is 35.1 Å². The zero-order valence-corrected chi connectivity index (χ0v) is 22.4. The van der Waals surface area contributed by atoms with Crippen molar-refractivity contribution in [2.24, 2.45) is 0 Å². The predicted octanol–water partition coefficient (Wildman–Crippen LogP) is 7.56. The Labute approximate surface area is 229 Å². The summed E-state index contributed by atoms with van der Waals surface area (Å²) in [6.07, 6.45) is 5.30. The second-order valence-electron chi connectivity index (χ2n) is 9.87. The van der Waals surface area contributed by atoms with Gasteiger partial charge in [0.25, 0.3) is 0 Å². The Balaban J connectivity index is 1.72. The van der Waals surface area contributed by atoms with Crippen LogP contribution in [0.1, 0.15) is 44.5 Å². The molecular formula is C34H34O5. The molecule has 0 aliphatic rings. The third-order valence-electron chi connectivity index (χ3n) is 6.72. The first-order valence-corrected chi connectivity index (χ1v) is 12.8. The van der Waals surface area contributed by atoms with Crippen LogP contribution in [0.2, 0.25) is 0 Å². The van der Waals surface area contributed by atoms with Crippen molar-refractivity contribution in [3.05, 3.63) is 130 Å². The van der Waals surface area contributed by atoms with Crippen molar-refractivity contribution >= 4 is 0 Å². The predicted molar refractivity (Wildman–Crippen MR) is 155 cm³/mol. The van der Waals surface area contributed by atoms with Crippen LogP contribution < -0.4 is 4.74 Å². The summed E-state index contributed by atoms with van der Waals surface area (Å²) in [6, 6.07) is 17.9. The summed E-state index contributed by atoms with van der Waals surface area (Å²) in [6.45, 7) is 11.3. The molecule has 200 valence electrons. The largest absolute Gasteiger partial charge is 0.508 e. The molecule has 0 atom stereocenters. The molecule has 0 unspecified atom stereocenters. The summed E-state index contributed by atoms with van der Waals surface area (Å²) in [7, 11) is 0. The van der Waals surface area contributed by atoms with E-state index in [0.717, 1.165) is 22.3 Å². The van der Waals surface area contributed by atoms with Crippen LogP contribution in [-0.4, -0.2) is 20.4 Å². The van der Waals surface area contributed by atoms with Gasteiger partial charge >= 0.3 is 0 Å². The van der Waals surface area contributed by atoms with E-state index >= 15 is 0 Å². The molecule has 0 bridgehead atoms. The maximum Gasteiger partial charge on any atom is 0.128 e. The van der Waals surface area contributed by atoms with Crippen molar-refractivity contribution in [2.45, 2.75) is 39.5 Å². The second-order valence-corrected chi connectivity index (χ2v) is 9.87. The van der Waals surface area contributed by atoms with Gasteiger partial charge in [0.05, 0.1) is 0 Å². The summed E-state index contributed by atoms with van der Waals surface area (Å²) in [5.41, 5.74) is 6.24. The molecule has 5 nitrogen and oxygen atoms in total. The minimum Gasteiger partial charge on any atom is -0.508 e. The molecular weight excluding hydrogens is 488 g/mol. The molecule has 0 aliphatic carbocycles. The normalized spacial score (nSPS) is 10.8. The van der Waals surface area contributed by atoms with Gasteiger partial charge in [-0.2, -0.15) is 0 Å². The van der Waals surface area contributed by atoms with E-state index in [1.807, 2.05) is 44.2 Å². The first kappa shape index (κ1) is 27.4. The lowest BCUT2D eigenvalue weighted by atomic mass is 9.96. The highest BCUT2D eigenvalue weighted by atomic mass is 16.5. The molecule has 0 spiro atoms. The minimum absolute atomic E-state index is 0.184. The standard InChI is InChI=1S/C34H34O5/c1-5-7-25-17-30(19-27(33(25)37)15-23-9-11-29(35)12-10-23)39-31-18-26(8-6-2)34(38)28(20-31)16-24-13-21(3)32(36)22(4)14-24/h5-6,9-14,17-20,35-38H,1-2,7-8,15-16H2,3-4H3. The summed E-state index contributed by atoms with van der Waals surface area (Å²) < 4.78 is 6.33. The van der Waals surface area contributed by atoms with E-state index < -0.39 is 0 Å². The summed E-state index contributed by atoms with van der Waals surface area (Å²) in [5, 5.41) is 41.7. The van der Waals surface area contributed by atoms with Crippen molar-refractivity contribution in [2.75, 3.05) is 0 Å². The molecule has 0 fully saturated rings. The number of hydrogen-bond donors (Lipinski definition) is 4. The van der Waals surface area contributed by atoms with Crippen molar-refractivity contribution in [1.29, 1.82) is 0 Å². The average Bonchev–Trinajstić information content (AvgIpc) is 2.89. The van der Waals surface area contributed by atoms with E-state index in [4.69, 9.17) is 4.74 Å². The Morgan fingerprint density at radius 2 is 1.03 bits per heavy atom. The number of aromatic hydroxyl groups is 4. The molecule has 0 aliphatic heterocycles. The number of allylic oxidation sites excluding steroid dienone is 2. The van der Waals surface area contributed by atoms with Crippen molar-refractivity contribution in [1.82, 2.24) is 0 Å². The third-order valence-corrected chi connectivity index (χ3v) is 6.72. The zero-order valence-electron chi connectivity index (χ0n) is 22.4. The molecule has 4 N–H and O–H groups in total. The fourth-order valence-corrected chi connectivity index (χ4v) is 4.80. The van der Waals surface area contributed by atoms with Gasteiger partial charge in [-0.05, 0) is 85.3 Å². The number of rotatable bonds is 10. The Morgan fingerprint density at radius 1 is 0.590 bits per heavy atom. The van der Waals surface area contributed by atoms with E-state index in [9.17, 15) is 20.4 Å². The van der Waals surface area contributed by atoms with Crippen LogP contribution in [0.4, 0.5) is 0 Å². The van der Waals surface area contributed by atoms with Crippen LogP contribution in [0.5, 0.6) is 34.5 Å². The molecule has 4 aromatic rings. The maximum absolute atomic E-state index is 11.0. The van der Waals surface area contributed by atoms with E-state index in [2.05, 4.69) is 13.2 Å². The van der Waals surface area contributed by atoms with Gasteiger partial charge in [0.2, 0.25) is 0 Å². The minimum atomic E-state index is 0.184. The van der Waals surface area contributed by atoms with Crippen molar-refractivity contribution in [3.8, 4) is 34.5 Å². The highest BCUT2D eigenvalue weighted by Crippen LogP contribution is 2.37. The van der Waals surface area contributed by atoms with E-state index in [1.165, 1.54) is 0 Å². The highest BCUT2D eigenvalue weighted by Gasteiger charge is 2.16. The van der Waals surface area contributed by atoms with Crippen LogP contribution >= 0.6 is 0 Å².